The predicted octanol–water partition coefficient (Wildman–Crippen LogP) is 1.00. The van der Waals surface area contributed by atoms with Gasteiger partial charge in [-0.25, -0.2) is 0 Å². The highest BCUT2D eigenvalue weighted by Gasteiger charge is 2.14. The van der Waals surface area contributed by atoms with E-state index in [1.54, 1.807) is 0 Å². The largest absolute Gasteiger partial charge is 0.376 e. The summed E-state index contributed by atoms with van der Waals surface area (Å²) >= 11 is 0. The van der Waals surface area contributed by atoms with Gasteiger partial charge in [-0.2, -0.15) is 0 Å². The predicted molar refractivity (Wildman–Crippen MR) is 59.3 cm³/mol. The van der Waals surface area contributed by atoms with Crippen LogP contribution < -0.4 is 5.73 Å². The van der Waals surface area contributed by atoms with Gasteiger partial charge in [-0.05, 0) is 32.9 Å². The highest BCUT2D eigenvalue weighted by molar-refractivity contribution is 4.87. The number of rotatable bonds is 5. The molecular formula is C11H22N2O. The summed E-state index contributed by atoms with van der Waals surface area (Å²) in [5, 5.41) is 0. The molecule has 1 saturated heterocycles. The van der Waals surface area contributed by atoms with Gasteiger partial charge in [0.05, 0.1) is 13.2 Å². The van der Waals surface area contributed by atoms with Crippen LogP contribution in [0.3, 0.4) is 0 Å². The molecule has 1 aliphatic heterocycles. The van der Waals surface area contributed by atoms with Gasteiger partial charge in [0, 0.05) is 12.6 Å². The Labute approximate surface area is 86.9 Å². The number of likely N-dealkylation sites (tertiary alicyclic amines) is 1. The van der Waals surface area contributed by atoms with Crippen LogP contribution in [0, 0.1) is 0 Å². The van der Waals surface area contributed by atoms with Crippen LogP contribution in [0.4, 0.5) is 0 Å². The molecule has 1 aliphatic rings. The molecule has 3 heteroatoms. The molecule has 82 valence electrons. The van der Waals surface area contributed by atoms with Gasteiger partial charge < -0.3 is 15.4 Å². The van der Waals surface area contributed by atoms with E-state index < -0.39 is 0 Å². The molecule has 0 atom stereocenters. The van der Waals surface area contributed by atoms with Crippen LogP contribution in [0.15, 0.2) is 12.2 Å². The SMILES string of the molecule is C=C(C)COCCN1CCC(N)CC1. The molecule has 0 amide bonds. The van der Waals surface area contributed by atoms with Crippen molar-refractivity contribution in [2.24, 2.45) is 5.73 Å². The molecule has 0 unspecified atom stereocenters. The van der Waals surface area contributed by atoms with E-state index in [0.29, 0.717) is 12.6 Å². The Hall–Kier alpha value is -0.380. The average Bonchev–Trinajstić information content (AvgIpc) is 2.15. The summed E-state index contributed by atoms with van der Waals surface area (Å²) in [6.45, 7) is 10.5. The normalized spacial score (nSPS) is 19.9. The van der Waals surface area contributed by atoms with Crippen molar-refractivity contribution < 1.29 is 4.74 Å². The lowest BCUT2D eigenvalue weighted by molar-refractivity contribution is 0.108. The lowest BCUT2D eigenvalue weighted by Gasteiger charge is -2.29. The van der Waals surface area contributed by atoms with Crippen molar-refractivity contribution in [2.45, 2.75) is 25.8 Å². The summed E-state index contributed by atoms with van der Waals surface area (Å²) in [5.41, 5.74) is 6.91. The molecule has 0 bridgehead atoms. The Balaban J connectivity index is 1.99. The monoisotopic (exact) mass is 198 g/mol. The first-order valence-electron chi connectivity index (χ1n) is 5.38. The molecular weight excluding hydrogens is 176 g/mol. The van der Waals surface area contributed by atoms with E-state index in [9.17, 15) is 0 Å². The first kappa shape index (κ1) is 11.7. The fourth-order valence-electron chi connectivity index (χ4n) is 1.62. The van der Waals surface area contributed by atoms with Gasteiger partial charge in [0.1, 0.15) is 0 Å². The second-order valence-electron chi connectivity index (χ2n) is 4.19. The van der Waals surface area contributed by atoms with Crippen molar-refractivity contribution in [3.63, 3.8) is 0 Å². The standard InChI is InChI=1S/C11H22N2O/c1-10(2)9-14-8-7-13-5-3-11(12)4-6-13/h11H,1,3-9,12H2,2H3. The average molecular weight is 198 g/mol. The molecule has 3 nitrogen and oxygen atoms in total. The summed E-state index contributed by atoms with van der Waals surface area (Å²) in [6, 6.07) is 0.419. The van der Waals surface area contributed by atoms with Gasteiger partial charge in [0.25, 0.3) is 0 Å². The maximum Gasteiger partial charge on any atom is 0.0672 e. The summed E-state index contributed by atoms with van der Waals surface area (Å²) in [5.74, 6) is 0. The zero-order chi connectivity index (χ0) is 10.4. The van der Waals surface area contributed by atoms with Gasteiger partial charge in [-0.3, -0.25) is 0 Å². The maximum absolute atomic E-state index is 5.82. The van der Waals surface area contributed by atoms with Crippen molar-refractivity contribution in [3.05, 3.63) is 12.2 Å². The number of hydrogen-bond donors (Lipinski definition) is 1. The zero-order valence-corrected chi connectivity index (χ0v) is 9.17. The third-order valence-corrected chi connectivity index (χ3v) is 2.53. The molecule has 1 rings (SSSR count). The van der Waals surface area contributed by atoms with Crippen LogP contribution >= 0.6 is 0 Å². The zero-order valence-electron chi connectivity index (χ0n) is 9.17. The van der Waals surface area contributed by atoms with E-state index in [2.05, 4.69) is 11.5 Å². The van der Waals surface area contributed by atoms with E-state index >= 15 is 0 Å². The topological polar surface area (TPSA) is 38.5 Å². The van der Waals surface area contributed by atoms with E-state index in [1.807, 2.05) is 6.92 Å². The quantitative estimate of drug-likeness (QED) is 0.529. The van der Waals surface area contributed by atoms with Gasteiger partial charge in [0.15, 0.2) is 0 Å². The fourth-order valence-corrected chi connectivity index (χ4v) is 1.62. The number of nitrogens with zero attached hydrogens (tertiary/aromatic N) is 1. The van der Waals surface area contributed by atoms with Gasteiger partial charge in [-0.15, -0.1) is 0 Å². The molecule has 0 aromatic heterocycles. The van der Waals surface area contributed by atoms with Crippen molar-refractivity contribution in [2.75, 3.05) is 32.8 Å². The number of hydrogen-bond acceptors (Lipinski definition) is 3. The minimum atomic E-state index is 0.419. The van der Waals surface area contributed by atoms with Crippen molar-refractivity contribution in [1.29, 1.82) is 0 Å². The Morgan fingerprint density at radius 2 is 2.14 bits per heavy atom. The van der Waals surface area contributed by atoms with Crippen LogP contribution in [0.5, 0.6) is 0 Å². The number of ether oxygens (including phenoxy) is 1. The van der Waals surface area contributed by atoms with E-state index in [0.717, 1.165) is 44.7 Å². The van der Waals surface area contributed by atoms with Crippen LogP contribution in [0.25, 0.3) is 0 Å². The molecule has 0 aliphatic carbocycles. The van der Waals surface area contributed by atoms with Crippen LogP contribution in [-0.4, -0.2) is 43.8 Å². The third-order valence-electron chi connectivity index (χ3n) is 2.53. The minimum Gasteiger partial charge on any atom is -0.376 e. The lowest BCUT2D eigenvalue weighted by atomic mass is 10.1. The third kappa shape index (κ3) is 4.74. The van der Waals surface area contributed by atoms with Crippen LogP contribution in [0.2, 0.25) is 0 Å². The summed E-state index contributed by atoms with van der Waals surface area (Å²) in [7, 11) is 0. The molecule has 1 fully saturated rings. The first-order chi connectivity index (χ1) is 6.68. The summed E-state index contributed by atoms with van der Waals surface area (Å²) < 4.78 is 5.45. The van der Waals surface area contributed by atoms with Crippen LogP contribution in [-0.2, 0) is 4.74 Å². The summed E-state index contributed by atoms with van der Waals surface area (Å²) in [6.07, 6.45) is 2.25. The Bertz CT molecular complexity index is 174. The molecule has 14 heavy (non-hydrogen) atoms. The van der Waals surface area contributed by atoms with Crippen molar-refractivity contribution in [1.82, 2.24) is 4.90 Å². The van der Waals surface area contributed by atoms with E-state index in [-0.39, 0.29) is 0 Å². The van der Waals surface area contributed by atoms with Crippen LogP contribution in [0.1, 0.15) is 19.8 Å². The van der Waals surface area contributed by atoms with E-state index in [1.165, 1.54) is 0 Å². The minimum absolute atomic E-state index is 0.419. The highest BCUT2D eigenvalue weighted by Crippen LogP contribution is 2.07. The van der Waals surface area contributed by atoms with Crippen molar-refractivity contribution in [3.8, 4) is 0 Å². The molecule has 0 aromatic rings. The molecule has 0 spiro atoms. The second-order valence-corrected chi connectivity index (χ2v) is 4.19. The molecule has 0 saturated carbocycles. The first-order valence-corrected chi connectivity index (χ1v) is 5.38. The molecule has 0 aromatic carbocycles. The molecule has 2 N–H and O–H groups in total. The Kier molecular flexibility index (Phi) is 5.15. The van der Waals surface area contributed by atoms with Gasteiger partial charge in [0.2, 0.25) is 0 Å². The fraction of sp³-hybridized carbons (Fsp3) is 0.818. The van der Waals surface area contributed by atoms with Gasteiger partial charge in [-0.1, -0.05) is 12.2 Å². The molecule has 1 heterocycles. The maximum atomic E-state index is 5.82. The Morgan fingerprint density at radius 3 is 2.71 bits per heavy atom. The highest BCUT2D eigenvalue weighted by atomic mass is 16.5. The van der Waals surface area contributed by atoms with Gasteiger partial charge >= 0.3 is 0 Å². The smallest absolute Gasteiger partial charge is 0.0672 e. The Morgan fingerprint density at radius 1 is 1.50 bits per heavy atom. The number of nitrogens with two attached hydrogens (primary N) is 1. The summed E-state index contributed by atoms with van der Waals surface area (Å²) in [4.78, 5) is 2.42. The lowest BCUT2D eigenvalue weighted by Crippen LogP contribution is -2.41. The molecule has 0 radical (unpaired) electrons. The number of piperidine rings is 1. The van der Waals surface area contributed by atoms with E-state index in [4.69, 9.17) is 10.5 Å². The second kappa shape index (κ2) is 6.17. The van der Waals surface area contributed by atoms with Crippen molar-refractivity contribution >= 4 is 0 Å².